The highest BCUT2D eigenvalue weighted by molar-refractivity contribution is 5.93. The lowest BCUT2D eigenvalue weighted by atomic mass is 10.1. The highest BCUT2D eigenvalue weighted by atomic mass is 16.2. The molecule has 0 atom stereocenters. The quantitative estimate of drug-likeness (QED) is 0.732. The van der Waals surface area contributed by atoms with Crippen LogP contribution < -0.4 is 5.32 Å². The fraction of sp³-hybridized carbons (Fsp3) is 0.278. The summed E-state index contributed by atoms with van der Waals surface area (Å²) in [6.07, 6.45) is 4.11. The number of hydrogen-bond donors (Lipinski definition) is 2. The average molecular weight is 323 g/mol. The van der Waals surface area contributed by atoms with Gasteiger partial charge in [0.25, 0.3) is 5.91 Å². The molecule has 6 heteroatoms. The summed E-state index contributed by atoms with van der Waals surface area (Å²) >= 11 is 0. The molecule has 1 amide bonds. The molecule has 0 bridgehead atoms. The molecular formula is C18H21N5O. The Kier molecular flexibility index (Phi) is 4.74. The molecule has 0 aliphatic carbocycles. The minimum absolute atomic E-state index is 0.127. The van der Waals surface area contributed by atoms with Crippen LogP contribution >= 0.6 is 0 Å². The molecule has 0 fully saturated rings. The van der Waals surface area contributed by atoms with Gasteiger partial charge in [0.05, 0.1) is 17.7 Å². The van der Waals surface area contributed by atoms with Gasteiger partial charge in [-0.2, -0.15) is 5.10 Å². The summed E-state index contributed by atoms with van der Waals surface area (Å²) in [7, 11) is 0. The van der Waals surface area contributed by atoms with Gasteiger partial charge in [0.1, 0.15) is 5.69 Å². The lowest BCUT2D eigenvalue weighted by Crippen LogP contribution is -2.27. The summed E-state index contributed by atoms with van der Waals surface area (Å²) in [4.78, 5) is 19.6. The Labute approximate surface area is 140 Å². The highest BCUT2D eigenvalue weighted by Crippen LogP contribution is 2.18. The van der Waals surface area contributed by atoms with Crippen molar-refractivity contribution in [1.82, 2.24) is 25.1 Å². The lowest BCUT2D eigenvalue weighted by molar-refractivity contribution is 0.0946. The van der Waals surface area contributed by atoms with Crippen LogP contribution in [0.2, 0.25) is 0 Å². The van der Waals surface area contributed by atoms with E-state index in [0.717, 1.165) is 17.1 Å². The van der Waals surface area contributed by atoms with Crippen molar-refractivity contribution in [3.63, 3.8) is 0 Å². The summed E-state index contributed by atoms with van der Waals surface area (Å²) in [5, 5.41) is 7.55. The molecule has 0 unspecified atom stereocenters. The number of carbonyl (C=O) groups excluding carboxylic acids is 1. The number of imidazole rings is 1. The molecule has 2 aromatic heterocycles. The van der Waals surface area contributed by atoms with Gasteiger partial charge >= 0.3 is 0 Å². The number of para-hydroxylation sites is 1. The van der Waals surface area contributed by atoms with Gasteiger partial charge in [-0.3, -0.25) is 4.79 Å². The fourth-order valence-electron chi connectivity index (χ4n) is 2.43. The van der Waals surface area contributed by atoms with E-state index in [2.05, 4.69) is 34.2 Å². The van der Waals surface area contributed by atoms with E-state index in [-0.39, 0.29) is 11.8 Å². The maximum atomic E-state index is 12.6. The van der Waals surface area contributed by atoms with Crippen LogP contribution in [0.1, 0.15) is 41.6 Å². The fourth-order valence-corrected chi connectivity index (χ4v) is 2.43. The second-order valence-corrected chi connectivity index (χ2v) is 5.94. The third-order valence-corrected chi connectivity index (χ3v) is 3.79. The number of nitrogens with one attached hydrogen (secondary N) is 2. The van der Waals surface area contributed by atoms with E-state index in [1.54, 1.807) is 17.2 Å². The molecule has 0 radical (unpaired) electrons. The van der Waals surface area contributed by atoms with Crippen molar-refractivity contribution in [3.8, 4) is 5.69 Å². The number of aromatic amines is 1. The first-order valence-electron chi connectivity index (χ1n) is 8.06. The number of aromatic nitrogens is 4. The third kappa shape index (κ3) is 3.53. The van der Waals surface area contributed by atoms with E-state index in [1.807, 2.05) is 36.4 Å². The molecule has 2 N–H and O–H groups in total. The van der Waals surface area contributed by atoms with Crippen LogP contribution in [0.5, 0.6) is 0 Å². The zero-order chi connectivity index (χ0) is 16.9. The Morgan fingerprint density at radius 3 is 2.75 bits per heavy atom. The zero-order valence-electron chi connectivity index (χ0n) is 13.9. The van der Waals surface area contributed by atoms with Crippen LogP contribution in [0, 0.1) is 0 Å². The molecule has 24 heavy (non-hydrogen) atoms. The summed E-state index contributed by atoms with van der Waals surface area (Å²) in [6.45, 7) is 4.67. The first kappa shape index (κ1) is 16.0. The smallest absolute Gasteiger partial charge is 0.270 e. The van der Waals surface area contributed by atoms with Crippen molar-refractivity contribution in [2.45, 2.75) is 26.2 Å². The second-order valence-electron chi connectivity index (χ2n) is 5.94. The van der Waals surface area contributed by atoms with E-state index in [0.29, 0.717) is 18.7 Å². The maximum Gasteiger partial charge on any atom is 0.270 e. The minimum atomic E-state index is -0.127. The predicted molar refractivity (Wildman–Crippen MR) is 92.3 cm³/mol. The highest BCUT2D eigenvalue weighted by Gasteiger charge is 2.17. The molecule has 3 rings (SSSR count). The predicted octanol–water partition coefficient (Wildman–Crippen LogP) is 2.69. The molecule has 0 aliphatic heterocycles. The first-order chi connectivity index (χ1) is 11.6. The summed E-state index contributed by atoms with van der Waals surface area (Å²) in [6, 6.07) is 11.6. The number of H-pyrrole nitrogens is 1. The standard InChI is InChI=1S/C18H21N5O/c1-13(2)16-10-17(23(22-16)15-6-4-3-5-7-15)18(24)20-9-8-14-11-19-12-21-14/h3-7,10-13H,8-9H2,1-2H3,(H,19,21)(H,20,24). The molecule has 1 aromatic carbocycles. The molecule has 0 spiro atoms. The van der Waals surface area contributed by atoms with Crippen LogP contribution in [0.3, 0.4) is 0 Å². The van der Waals surface area contributed by atoms with Gasteiger partial charge in [-0.25, -0.2) is 9.67 Å². The SMILES string of the molecule is CC(C)c1cc(C(=O)NCCc2cnc[nH]2)n(-c2ccccc2)n1. The average Bonchev–Trinajstić information content (AvgIpc) is 3.25. The Morgan fingerprint density at radius 1 is 1.29 bits per heavy atom. The Bertz CT molecular complexity index is 790. The number of nitrogens with zero attached hydrogens (tertiary/aromatic N) is 3. The molecule has 3 aromatic rings. The van der Waals surface area contributed by atoms with Crippen molar-refractivity contribution >= 4 is 5.91 Å². The van der Waals surface area contributed by atoms with Crippen molar-refractivity contribution in [2.24, 2.45) is 0 Å². The van der Waals surface area contributed by atoms with Crippen LogP contribution in [0.25, 0.3) is 5.69 Å². The number of amides is 1. The van der Waals surface area contributed by atoms with Crippen molar-refractivity contribution < 1.29 is 4.79 Å². The molecule has 0 saturated carbocycles. The maximum absolute atomic E-state index is 12.6. The van der Waals surface area contributed by atoms with Crippen LogP contribution in [-0.2, 0) is 6.42 Å². The Morgan fingerprint density at radius 2 is 2.08 bits per heavy atom. The van der Waals surface area contributed by atoms with Gasteiger partial charge in [-0.15, -0.1) is 0 Å². The van der Waals surface area contributed by atoms with Gasteiger partial charge in [0.2, 0.25) is 0 Å². The van der Waals surface area contributed by atoms with Crippen molar-refractivity contribution in [2.75, 3.05) is 6.54 Å². The molecule has 124 valence electrons. The first-order valence-corrected chi connectivity index (χ1v) is 8.06. The van der Waals surface area contributed by atoms with Gasteiger partial charge in [-0.1, -0.05) is 32.0 Å². The number of benzene rings is 1. The Hall–Kier alpha value is -2.89. The van der Waals surface area contributed by atoms with Gasteiger partial charge in [-0.05, 0) is 24.1 Å². The van der Waals surface area contributed by atoms with Gasteiger partial charge in [0.15, 0.2) is 0 Å². The van der Waals surface area contributed by atoms with E-state index >= 15 is 0 Å². The van der Waals surface area contributed by atoms with Crippen LogP contribution in [-0.4, -0.2) is 32.2 Å². The molecular weight excluding hydrogens is 302 g/mol. The lowest BCUT2D eigenvalue weighted by Gasteiger charge is -2.08. The number of carbonyl (C=O) groups is 1. The molecule has 0 aliphatic rings. The van der Waals surface area contributed by atoms with Crippen molar-refractivity contribution in [3.05, 3.63) is 66.0 Å². The molecule has 0 saturated heterocycles. The monoisotopic (exact) mass is 323 g/mol. The minimum Gasteiger partial charge on any atom is -0.350 e. The molecule has 2 heterocycles. The largest absolute Gasteiger partial charge is 0.350 e. The number of hydrogen-bond acceptors (Lipinski definition) is 3. The molecule has 6 nitrogen and oxygen atoms in total. The van der Waals surface area contributed by atoms with Gasteiger partial charge < -0.3 is 10.3 Å². The van der Waals surface area contributed by atoms with Crippen LogP contribution in [0.4, 0.5) is 0 Å². The van der Waals surface area contributed by atoms with E-state index in [4.69, 9.17) is 0 Å². The normalized spacial score (nSPS) is 11.0. The summed E-state index contributed by atoms with van der Waals surface area (Å²) < 4.78 is 1.71. The van der Waals surface area contributed by atoms with E-state index in [9.17, 15) is 4.79 Å². The van der Waals surface area contributed by atoms with Crippen LogP contribution in [0.15, 0.2) is 48.9 Å². The van der Waals surface area contributed by atoms with E-state index < -0.39 is 0 Å². The van der Waals surface area contributed by atoms with Crippen molar-refractivity contribution in [1.29, 1.82) is 0 Å². The zero-order valence-corrected chi connectivity index (χ0v) is 13.9. The second kappa shape index (κ2) is 7.12. The van der Waals surface area contributed by atoms with E-state index in [1.165, 1.54) is 0 Å². The topological polar surface area (TPSA) is 75.6 Å². The number of rotatable bonds is 6. The third-order valence-electron chi connectivity index (χ3n) is 3.79. The summed E-state index contributed by atoms with van der Waals surface area (Å²) in [5.41, 5.74) is 3.32. The summed E-state index contributed by atoms with van der Waals surface area (Å²) in [5.74, 6) is 0.129. The van der Waals surface area contributed by atoms with Gasteiger partial charge in [0, 0.05) is 24.9 Å². The Balaban J connectivity index is 1.79.